The molecule has 0 spiro atoms. The van der Waals surface area contributed by atoms with E-state index in [0.717, 1.165) is 12.1 Å². The summed E-state index contributed by atoms with van der Waals surface area (Å²) >= 11 is 0. The Morgan fingerprint density at radius 2 is 1.74 bits per heavy atom. The number of hydrogen-bond donors (Lipinski definition) is 1. The molecule has 1 atom stereocenters. The van der Waals surface area contributed by atoms with Gasteiger partial charge in [-0.05, 0) is 67.4 Å². The molecule has 0 aliphatic carbocycles. The SMILES string of the molecule is COc1ccc(F)cc1S(=O)(=O)N1CCC[C@@H](C(=O)Nc2ccc(Oc3ccccc3)cc2)C1. The number of anilines is 1. The standard InChI is InChI=1S/C25H25FN2O5S/c1-32-23-14-9-19(26)16-24(23)34(30,31)28-15-5-6-18(17-28)25(29)27-20-10-12-22(13-11-20)33-21-7-3-2-4-8-21/h2-4,7-14,16,18H,5-6,15,17H2,1H3,(H,27,29)/t18-/m1/s1. The molecule has 0 saturated carbocycles. The summed E-state index contributed by atoms with van der Waals surface area (Å²) in [6, 6.07) is 19.7. The van der Waals surface area contributed by atoms with E-state index in [-0.39, 0.29) is 29.6 Å². The van der Waals surface area contributed by atoms with Crippen LogP contribution in [0, 0.1) is 11.7 Å². The minimum Gasteiger partial charge on any atom is -0.495 e. The van der Waals surface area contributed by atoms with Crippen LogP contribution in [0.2, 0.25) is 0 Å². The highest BCUT2D eigenvalue weighted by molar-refractivity contribution is 7.89. The number of benzene rings is 3. The maximum Gasteiger partial charge on any atom is 0.246 e. The number of rotatable bonds is 7. The van der Waals surface area contributed by atoms with E-state index < -0.39 is 21.8 Å². The van der Waals surface area contributed by atoms with E-state index in [1.165, 1.54) is 17.5 Å². The van der Waals surface area contributed by atoms with Gasteiger partial charge in [0.2, 0.25) is 15.9 Å². The van der Waals surface area contributed by atoms with Crippen molar-refractivity contribution < 1.29 is 27.1 Å². The highest BCUT2D eigenvalue weighted by atomic mass is 32.2. The molecule has 1 amide bonds. The Labute approximate surface area is 198 Å². The highest BCUT2D eigenvalue weighted by Gasteiger charge is 2.35. The van der Waals surface area contributed by atoms with Crippen LogP contribution in [0.3, 0.4) is 0 Å². The number of hydrogen-bond acceptors (Lipinski definition) is 5. The average Bonchev–Trinajstić information content (AvgIpc) is 2.86. The molecule has 1 aliphatic heterocycles. The van der Waals surface area contributed by atoms with E-state index in [4.69, 9.17) is 9.47 Å². The van der Waals surface area contributed by atoms with E-state index >= 15 is 0 Å². The summed E-state index contributed by atoms with van der Waals surface area (Å²) in [5.41, 5.74) is 0.581. The molecule has 0 radical (unpaired) electrons. The van der Waals surface area contributed by atoms with Crippen molar-refractivity contribution in [3.63, 3.8) is 0 Å². The Morgan fingerprint density at radius 3 is 2.44 bits per heavy atom. The molecule has 34 heavy (non-hydrogen) atoms. The third kappa shape index (κ3) is 5.37. The minimum atomic E-state index is -4.03. The summed E-state index contributed by atoms with van der Waals surface area (Å²) in [7, 11) is -2.70. The first-order chi connectivity index (χ1) is 16.4. The smallest absolute Gasteiger partial charge is 0.246 e. The maximum atomic E-state index is 13.8. The van der Waals surface area contributed by atoms with Crippen molar-refractivity contribution in [3.8, 4) is 17.2 Å². The quantitative estimate of drug-likeness (QED) is 0.527. The fraction of sp³-hybridized carbons (Fsp3) is 0.240. The summed E-state index contributed by atoms with van der Waals surface area (Å²) in [4.78, 5) is 12.6. The van der Waals surface area contributed by atoms with Crippen LogP contribution in [0.1, 0.15) is 12.8 Å². The third-order valence-electron chi connectivity index (χ3n) is 5.60. The van der Waals surface area contributed by atoms with Gasteiger partial charge in [0.15, 0.2) is 0 Å². The Balaban J connectivity index is 1.42. The summed E-state index contributed by atoms with van der Waals surface area (Å²) in [6.07, 6.45) is 1.06. The lowest BCUT2D eigenvalue weighted by atomic mass is 9.99. The lowest BCUT2D eigenvalue weighted by Crippen LogP contribution is -2.43. The molecule has 1 saturated heterocycles. The summed E-state index contributed by atoms with van der Waals surface area (Å²) in [5, 5.41) is 2.85. The molecule has 7 nitrogen and oxygen atoms in total. The van der Waals surface area contributed by atoms with Gasteiger partial charge in [-0.2, -0.15) is 4.31 Å². The van der Waals surface area contributed by atoms with E-state index in [2.05, 4.69) is 5.32 Å². The molecule has 3 aromatic rings. The van der Waals surface area contributed by atoms with Gasteiger partial charge in [-0.3, -0.25) is 4.79 Å². The van der Waals surface area contributed by atoms with Crippen molar-refractivity contribution >= 4 is 21.6 Å². The van der Waals surface area contributed by atoms with Gasteiger partial charge in [-0.15, -0.1) is 0 Å². The van der Waals surface area contributed by atoms with Crippen molar-refractivity contribution in [2.45, 2.75) is 17.7 Å². The van der Waals surface area contributed by atoms with Crippen LogP contribution in [0.4, 0.5) is 10.1 Å². The van der Waals surface area contributed by atoms with Gasteiger partial charge in [-0.25, -0.2) is 12.8 Å². The Hall–Kier alpha value is -3.43. The number of para-hydroxylation sites is 1. The topological polar surface area (TPSA) is 84.9 Å². The van der Waals surface area contributed by atoms with Crippen LogP contribution in [0.5, 0.6) is 17.2 Å². The number of nitrogens with zero attached hydrogens (tertiary/aromatic N) is 1. The van der Waals surface area contributed by atoms with Gasteiger partial charge in [0.05, 0.1) is 13.0 Å². The number of piperidine rings is 1. The van der Waals surface area contributed by atoms with Crippen LogP contribution in [-0.4, -0.2) is 38.8 Å². The fourth-order valence-electron chi connectivity index (χ4n) is 3.84. The first kappa shape index (κ1) is 23.7. The van der Waals surface area contributed by atoms with Gasteiger partial charge in [0.1, 0.15) is 28.0 Å². The summed E-state index contributed by atoms with van der Waals surface area (Å²) in [5.74, 6) is -0.0943. The van der Waals surface area contributed by atoms with Gasteiger partial charge < -0.3 is 14.8 Å². The molecule has 1 aliphatic rings. The number of carbonyl (C=O) groups is 1. The maximum absolute atomic E-state index is 13.8. The molecule has 0 unspecified atom stereocenters. The monoisotopic (exact) mass is 484 g/mol. The predicted octanol–water partition coefficient (Wildman–Crippen LogP) is 4.67. The van der Waals surface area contributed by atoms with Gasteiger partial charge in [-0.1, -0.05) is 18.2 Å². The van der Waals surface area contributed by atoms with E-state index in [0.29, 0.717) is 30.0 Å². The molecule has 1 fully saturated rings. The lowest BCUT2D eigenvalue weighted by Gasteiger charge is -2.31. The second-order valence-electron chi connectivity index (χ2n) is 7.93. The molecular weight excluding hydrogens is 459 g/mol. The van der Waals surface area contributed by atoms with Crippen LogP contribution >= 0.6 is 0 Å². The van der Waals surface area contributed by atoms with E-state index in [1.807, 2.05) is 30.3 Å². The first-order valence-electron chi connectivity index (χ1n) is 10.8. The largest absolute Gasteiger partial charge is 0.495 e. The van der Waals surface area contributed by atoms with E-state index in [1.54, 1.807) is 24.3 Å². The van der Waals surface area contributed by atoms with Crippen molar-refractivity contribution in [3.05, 3.63) is 78.6 Å². The molecule has 0 aromatic heterocycles. The van der Waals surface area contributed by atoms with E-state index in [9.17, 15) is 17.6 Å². The van der Waals surface area contributed by atoms with Gasteiger partial charge >= 0.3 is 0 Å². The van der Waals surface area contributed by atoms with Crippen LogP contribution in [-0.2, 0) is 14.8 Å². The predicted molar refractivity (Wildman–Crippen MR) is 126 cm³/mol. The fourth-order valence-corrected chi connectivity index (χ4v) is 5.53. The molecule has 1 N–H and O–H groups in total. The number of carbonyl (C=O) groups excluding carboxylic acids is 1. The zero-order valence-electron chi connectivity index (χ0n) is 18.6. The highest BCUT2D eigenvalue weighted by Crippen LogP contribution is 2.31. The van der Waals surface area contributed by atoms with Crippen molar-refractivity contribution in [2.24, 2.45) is 5.92 Å². The normalized spacial score (nSPS) is 16.6. The number of methoxy groups -OCH3 is 1. The Bertz CT molecular complexity index is 1250. The zero-order chi connectivity index (χ0) is 24.1. The Kier molecular flexibility index (Phi) is 7.14. The molecule has 1 heterocycles. The number of amides is 1. The molecule has 9 heteroatoms. The first-order valence-corrected chi connectivity index (χ1v) is 12.3. The second kappa shape index (κ2) is 10.2. The molecule has 3 aromatic carbocycles. The number of halogens is 1. The van der Waals surface area contributed by atoms with Crippen molar-refractivity contribution in [2.75, 3.05) is 25.5 Å². The average molecular weight is 485 g/mol. The van der Waals surface area contributed by atoms with Gasteiger partial charge in [0.25, 0.3) is 0 Å². The minimum absolute atomic E-state index is 0.00301. The summed E-state index contributed by atoms with van der Waals surface area (Å²) in [6.45, 7) is 0.250. The number of sulfonamides is 1. The van der Waals surface area contributed by atoms with Crippen LogP contribution in [0.25, 0.3) is 0 Å². The Morgan fingerprint density at radius 1 is 1.03 bits per heavy atom. The second-order valence-corrected chi connectivity index (χ2v) is 9.83. The third-order valence-corrected chi connectivity index (χ3v) is 7.49. The molecule has 4 rings (SSSR count). The number of nitrogens with one attached hydrogen (secondary N) is 1. The van der Waals surface area contributed by atoms with Crippen LogP contribution in [0.15, 0.2) is 77.7 Å². The zero-order valence-corrected chi connectivity index (χ0v) is 19.4. The van der Waals surface area contributed by atoms with Crippen molar-refractivity contribution in [1.82, 2.24) is 4.31 Å². The molecule has 0 bridgehead atoms. The van der Waals surface area contributed by atoms with Crippen LogP contribution < -0.4 is 14.8 Å². The molecule has 178 valence electrons. The molecular formula is C25H25FN2O5S. The number of ether oxygens (including phenoxy) is 2. The van der Waals surface area contributed by atoms with Crippen molar-refractivity contribution in [1.29, 1.82) is 0 Å². The summed E-state index contributed by atoms with van der Waals surface area (Å²) < 4.78 is 52.2. The van der Waals surface area contributed by atoms with Gasteiger partial charge in [0, 0.05) is 18.8 Å². The lowest BCUT2D eigenvalue weighted by molar-refractivity contribution is -0.120.